The second-order valence-electron chi connectivity index (χ2n) is 6.49. The molecule has 0 fully saturated rings. The van der Waals surface area contributed by atoms with Crippen molar-refractivity contribution in [3.8, 4) is 0 Å². The van der Waals surface area contributed by atoms with Crippen LogP contribution in [-0.4, -0.2) is 30.0 Å². The minimum absolute atomic E-state index is 0.0560. The predicted molar refractivity (Wildman–Crippen MR) is 96.4 cm³/mol. The Morgan fingerprint density at radius 1 is 1.14 bits per heavy atom. The fourth-order valence-corrected chi connectivity index (χ4v) is 2.86. The molecular weight excluding hydrogens is 395 g/mol. The van der Waals surface area contributed by atoms with Crippen LogP contribution in [0.3, 0.4) is 0 Å². The zero-order valence-electron chi connectivity index (χ0n) is 14.9. The van der Waals surface area contributed by atoms with Crippen LogP contribution in [0.25, 0.3) is 0 Å². The number of anilines is 1. The SMILES string of the molecule is NC1=C(F)CC(CF)(CF)C(c2cc(NC(=O)c3ccc(F)cn3)ccc2F)=N1. The normalized spacial score (nSPS) is 15.8. The topological polar surface area (TPSA) is 80.4 Å². The number of benzene rings is 1. The smallest absolute Gasteiger partial charge is 0.274 e. The van der Waals surface area contributed by atoms with Crippen molar-refractivity contribution in [1.29, 1.82) is 0 Å². The van der Waals surface area contributed by atoms with Crippen molar-refractivity contribution in [2.24, 2.45) is 16.1 Å². The lowest BCUT2D eigenvalue weighted by Crippen LogP contribution is -2.40. The second kappa shape index (κ2) is 7.98. The quantitative estimate of drug-likeness (QED) is 0.736. The average Bonchev–Trinajstić information content (AvgIpc) is 2.71. The third kappa shape index (κ3) is 3.96. The van der Waals surface area contributed by atoms with Crippen LogP contribution in [0, 0.1) is 17.0 Å². The van der Waals surface area contributed by atoms with E-state index in [4.69, 9.17) is 5.73 Å². The molecule has 3 N–H and O–H groups in total. The van der Waals surface area contributed by atoms with Gasteiger partial charge in [-0.3, -0.25) is 4.79 Å². The first-order valence-electron chi connectivity index (χ1n) is 8.37. The van der Waals surface area contributed by atoms with Gasteiger partial charge < -0.3 is 11.1 Å². The number of aromatic nitrogens is 1. The van der Waals surface area contributed by atoms with Crippen LogP contribution in [0.2, 0.25) is 0 Å². The number of hydrogen-bond donors (Lipinski definition) is 2. The number of pyridine rings is 1. The minimum Gasteiger partial charge on any atom is -0.382 e. The van der Waals surface area contributed by atoms with Crippen LogP contribution in [0.5, 0.6) is 0 Å². The van der Waals surface area contributed by atoms with Gasteiger partial charge in [0.05, 0.1) is 17.3 Å². The number of nitrogens with one attached hydrogen (secondary N) is 1. The first kappa shape index (κ1) is 20.4. The Morgan fingerprint density at radius 3 is 2.48 bits per heavy atom. The zero-order valence-corrected chi connectivity index (χ0v) is 14.9. The maximum atomic E-state index is 14.5. The number of hydrogen-bond acceptors (Lipinski definition) is 4. The number of alkyl halides is 2. The third-order valence-electron chi connectivity index (χ3n) is 4.46. The van der Waals surface area contributed by atoms with E-state index in [-0.39, 0.29) is 16.9 Å². The molecule has 1 amide bonds. The van der Waals surface area contributed by atoms with Crippen LogP contribution in [-0.2, 0) is 0 Å². The van der Waals surface area contributed by atoms with Crippen LogP contribution in [0.1, 0.15) is 22.5 Å². The van der Waals surface area contributed by atoms with Crippen molar-refractivity contribution < 1.29 is 26.7 Å². The van der Waals surface area contributed by atoms with E-state index in [0.29, 0.717) is 0 Å². The molecule has 0 saturated heterocycles. The highest BCUT2D eigenvalue weighted by molar-refractivity contribution is 6.08. The molecule has 0 bridgehead atoms. The van der Waals surface area contributed by atoms with Gasteiger partial charge in [0.15, 0.2) is 5.82 Å². The molecule has 29 heavy (non-hydrogen) atoms. The summed E-state index contributed by atoms with van der Waals surface area (Å²) < 4.78 is 68.6. The number of halogens is 5. The Kier molecular flexibility index (Phi) is 5.62. The van der Waals surface area contributed by atoms with Gasteiger partial charge in [-0.1, -0.05) is 0 Å². The van der Waals surface area contributed by atoms with Gasteiger partial charge in [-0.25, -0.2) is 31.9 Å². The lowest BCUT2D eigenvalue weighted by atomic mass is 9.77. The number of amides is 1. The molecule has 0 saturated carbocycles. The van der Waals surface area contributed by atoms with Gasteiger partial charge >= 0.3 is 0 Å². The predicted octanol–water partition coefficient (Wildman–Crippen LogP) is 3.83. The van der Waals surface area contributed by atoms with E-state index in [1.165, 1.54) is 6.07 Å². The Morgan fingerprint density at radius 2 is 1.86 bits per heavy atom. The van der Waals surface area contributed by atoms with E-state index >= 15 is 0 Å². The Hall–Kier alpha value is -3.30. The van der Waals surface area contributed by atoms with E-state index in [9.17, 15) is 26.7 Å². The summed E-state index contributed by atoms with van der Waals surface area (Å²) in [6.45, 7) is -2.67. The highest BCUT2D eigenvalue weighted by atomic mass is 19.1. The molecule has 1 aliphatic rings. The van der Waals surface area contributed by atoms with E-state index in [2.05, 4.69) is 15.3 Å². The maximum absolute atomic E-state index is 14.5. The monoisotopic (exact) mass is 410 g/mol. The molecule has 0 radical (unpaired) electrons. The van der Waals surface area contributed by atoms with Gasteiger partial charge in [0.1, 0.15) is 36.5 Å². The van der Waals surface area contributed by atoms with Gasteiger partial charge in [-0.15, -0.1) is 0 Å². The Bertz CT molecular complexity index is 1000. The summed E-state index contributed by atoms with van der Waals surface area (Å²) in [5.41, 5.74) is 2.62. The van der Waals surface area contributed by atoms with Crippen molar-refractivity contribution >= 4 is 17.3 Å². The van der Waals surface area contributed by atoms with Crippen LogP contribution < -0.4 is 11.1 Å². The summed E-state index contributed by atoms with van der Waals surface area (Å²) in [5.74, 6) is -3.82. The number of nitrogens with zero attached hydrogens (tertiary/aromatic N) is 2. The number of rotatable bonds is 5. The first-order chi connectivity index (χ1) is 13.8. The molecule has 152 valence electrons. The maximum Gasteiger partial charge on any atom is 0.274 e. The number of aliphatic imine (C=N–C) groups is 1. The summed E-state index contributed by atoms with van der Waals surface area (Å²) in [7, 11) is 0. The lowest BCUT2D eigenvalue weighted by Gasteiger charge is -2.32. The number of allylic oxidation sites excluding steroid dienone is 1. The average molecular weight is 410 g/mol. The summed E-state index contributed by atoms with van der Waals surface area (Å²) >= 11 is 0. The lowest BCUT2D eigenvalue weighted by molar-refractivity contribution is 0.102. The number of carbonyl (C=O) groups is 1. The van der Waals surface area contributed by atoms with Crippen molar-refractivity contribution in [2.75, 3.05) is 18.7 Å². The molecule has 1 aliphatic heterocycles. The van der Waals surface area contributed by atoms with Crippen LogP contribution in [0.15, 0.2) is 53.2 Å². The number of carbonyl (C=O) groups excluding carboxylic acids is 1. The standard InChI is InChI=1S/C19H15F5N4O/c20-8-19(9-21)6-14(24)17(25)28-16(19)12-5-11(2-3-13(12)23)27-18(29)15-4-1-10(22)7-26-15/h1-5,7H,6,8-9,25H2,(H,27,29). The van der Waals surface area contributed by atoms with E-state index in [0.717, 1.165) is 30.5 Å². The molecule has 0 unspecified atom stereocenters. The molecule has 10 heteroatoms. The second-order valence-corrected chi connectivity index (χ2v) is 6.49. The first-order valence-corrected chi connectivity index (χ1v) is 8.37. The molecule has 0 aliphatic carbocycles. The molecule has 2 heterocycles. The van der Waals surface area contributed by atoms with E-state index < -0.39 is 60.1 Å². The molecule has 0 spiro atoms. The minimum atomic E-state index is -2.03. The molecule has 1 aromatic heterocycles. The van der Waals surface area contributed by atoms with Crippen molar-refractivity contribution in [3.05, 3.63) is 71.1 Å². The fraction of sp³-hybridized carbons (Fsp3) is 0.211. The van der Waals surface area contributed by atoms with Crippen LogP contribution in [0.4, 0.5) is 27.6 Å². The molecule has 0 atom stereocenters. The van der Waals surface area contributed by atoms with Gasteiger partial charge in [-0.2, -0.15) is 0 Å². The molecule has 2 aromatic rings. The van der Waals surface area contributed by atoms with Gasteiger partial charge in [0, 0.05) is 17.7 Å². The molecule has 5 nitrogen and oxygen atoms in total. The summed E-state index contributed by atoms with van der Waals surface area (Å²) in [5, 5.41) is 2.42. The third-order valence-corrected chi connectivity index (χ3v) is 4.46. The highest BCUT2D eigenvalue weighted by Gasteiger charge is 2.43. The van der Waals surface area contributed by atoms with Gasteiger partial charge in [0.2, 0.25) is 0 Å². The van der Waals surface area contributed by atoms with Crippen molar-refractivity contribution in [3.63, 3.8) is 0 Å². The number of nitrogens with two attached hydrogens (primary N) is 1. The highest BCUT2D eigenvalue weighted by Crippen LogP contribution is 2.39. The zero-order chi connectivity index (χ0) is 21.2. The Balaban J connectivity index is 1.99. The molecular formula is C19H15F5N4O. The summed E-state index contributed by atoms with van der Waals surface area (Å²) in [6, 6.07) is 5.45. The van der Waals surface area contributed by atoms with Crippen molar-refractivity contribution in [1.82, 2.24) is 4.98 Å². The van der Waals surface area contributed by atoms with E-state index in [1.807, 2.05) is 0 Å². The fourth-order valence-electron chi connectivity index (χ4n) is 2.86. The largest absolute Gasteiger partial charge is 0.382 e. The van der Waals surface area contributed by atoms with Crippen LogP contribution >= 0.6 is 0 Å². The Labute approximate surface area is 162 Å². The summed E-state index contributed by atoms with van der Waals surface area (Å²) in [6.07, 6.45) is 0.141. The molecule has 1 aromatic carbocycles. The molecule has 3 rings (SSSR count). The van der Waals surface area contributed by atoms with Gasteiger partial charge in [-0.05, 0) is 30.3 Å². The van der Waals surface area contributed by atoms with Crippen molar-refractivity contribution in [2.45, 2.75) is 6.42 Å². The van der Waals surface area contributed by atoms with E-state index in [1.54, 1.807) is 0 Å². The summed E-state index contributed by atoms with van der Waals surface area (Å²) in [4.78, 5) is 19.5. The van der Waals surface area contributed by atoms with Gasteiger partial charge in [0.25, 0.3) is 5.91 Å².